The number of esters is 1. The van der Waals surface area contributed by atoms with Gasteiger partial charge in [-0.2, -0.15) is 0 Å². The molecule has 0 bridgehead atoms. The van der Waals surface area contributed by atoms with E-state index in [1.807, 2.05) is 0 Å². The molecule has 1 rings (SSSR count). The van der Waals surface area contributed by atoms with Gasteiger partial charge in [0.2, 0.25) is 5.01 Å². The zero-order chi connectivity index (χ0) is 9.84. The summed E-state index contributed by atoms with van der Waals surface area (Å²) in [6.07, 6.45) is 0. The van der Waals surface area contributed by atoms with E-state index < -0.39 is 13.1 Å². The highest BCUT2D eigenvalue weighted by atomic mass is 32.1. The zero-order valence-corrected chi connectivity index (χ0v) is 7.74. The highest BCUT2D eigenvalue weighted by Gasteiger charge is 2.18. The van der Waals surface area contributed by atoms with Crippen molar-refractivity contribution in [1.82, 2.24) is 4.98 Å². The van der Waals surface area contributed by atoms with Crippen LogP contribution in [-0.2, 0) is 4.74 Å². The summed E-state index contributed by atoms with van der Waals surface area (Å²) in [6, 6.07) is 0. The van der Waals surface area contributed by atoms with Gasteiger partial charge >= 0.3 is 13.1 Å². The van der Waals surface area contributed by atoms with Crippen molar-refractivity contribution in [1.29, 1.82) is 0 Å². The largest absolute Gasteiger partial charge is 0.509 e. The first kappa shape index (κ1) is 10.2. The smallest absolute Gasteiger partial charge is 0.461 e. The van der Waals surface area contributed by atoms with E-state index in [1.54, 1.807) is 6.92 Å². The molecule has 1 heterocycles. The number of thiazole rings is 1. The summed E-state index contributed by atoms with van der Waals surface area (Å²) < 4.78 is 4.67. The number of rotatable bonds is 3. The fourth-order valence-corrected chi connectivity index (χ4v) is 1.41. The molecule has 0 aliphatic rings. The maximum absolute atomic E-state index is 11.0. The Morgan fingerprint density at radius 2 is 2.46 bits per heavy atom. The minimum absolute atomic E-state index is 0.0630. The van der Waals surface area contributed by atoms with Crippen LogP contribution in [0, 0.1) is 0 Å². The molecule has 2 N–H and O–H groups in total. The first-order chi connectivity index (χ1) is 6.15. The number of nitrogens with zero attached hydrogens (tertiary/aromatic N) is 1. The third kappa shape index (κ3) is 2.51. The molecule has 0 saturated carbocycles. The molecule has 0 atom stereocenters. The molecule has 0 spiro atoms. The molecule has 0 aromatic carbocycles. The second kappa shape index (κ2) is 4.36. The Balaban J connectivity index is 2.73. The lowest BCUT2D eigenvalue weighted by molar-refractivity contribution is 0.0526. The van der Waals surface area contributed by atoms with Crippen LogP contribution in [0.4, 0.5) is 0 Å². The van der Waals surface area contributed by atoms with Crippen LogP contribution in [0.3, 0.4) is 0 Å². The minimum atomic E-state index is -1.64. The molecule has 0 saturated heterocycles. The first-order valence-electron chi connectivity index (χ1n) is 3.63. The molecule has 5 nitrogen and oxygen atoms in total. The number of ether oxygens (including phenoxy) is 1. The van der Waals surface area contributed by atoms with Crippen LogP contribution in [0.1, 0.15) is 16.7 Å². The highest BCUT2D eigenvalue weighted by molar-refractivity contribution is 7.12. The van der Waals surface area contributed by atoms with E-state index >= 15 is 0 Å². The molecule has 0 fully saturated rings. The van der Waals surface area contributed by atoms with Crippen LogP contribution in [-0.4, -0.2) is 34.7 Å². The lowest BCUT2D eigenvalue weighted by Gasteiger charge is -1.95. The van der Waals surface area contributed by atoms with E-state index in [2.05, 4.69) is 9.72 Å². The van der Waals surface area contributed by atoms with Crippen molar-refractivity contribution in [2.24, 2.45) is 0 Å². The average molecular weight is 201 g/mol. The minimum Gasteiger partial charge on any atom is -0.461 e. The van der Waals surface area contributed by atoms with Crippen molar-refractivity contribution < 1.29 is 19.6 Å². The molecule has 13 heavy (non-hydrogen) atoms. The highest BCUT2D eigenvalue weighted by Crippen LogP contribution is 2.04. The molecule has 0 aliphatic heterocycles. The van der Waals surface area contributed by atoms with Crippen LogP contribution in [0.2, 0.25) is 0 Å². The van der Waals surface area contributed by atoms with Crippen LogP contribution < -0.4 is 5.59 Å². The summed E-state index contributed by atoms with van der Waals surface area (Å²) in [7, 11) is -1.64. The van der Waals surface area contributed by atoms with Gasteiger partial charge in [-0.3, -0.25) is 0 Å². The Hall–Kier alpha value is -0.915. The molecular weight excluding hydrogens is 193 g/mol. The number of aromatic nitrogens is 1. The van der Waals surface area contributed by atoms with E-state index in [-0.39, 0.29) is 17.2 Å². The topological polar surface area (TPSA) is 79.7 Å². The van der Waals surface area contributed by atoms with Crippen molar-refractivity contribution in [3.63, 3.8) is 0 Å². The molecule has 1 aromatic rings. The summed E-state index contributed by atoms with van der Waals surface area (Å²) in [6.45, 7) is 1.96. The third-order valence-electron chi connectivity index (χ3n) is 1.24. The van der Waals surface area contributed by atoms with Gasteiger partial charge in [-0.1, -0.05) is 0 Å². The van der Waals surface area contributed by atoms with Gasteiger partial charge in [0.25, 0.3) is 0 Å². The van der Waals surface area contributed by atoms with E-state index in [4.69, 9.17) is 10.0 Å². The van der Waals surface area contributed by atoms with Gasteiger partial charge in [-0.05, 0) is 6.92 Å². The predicted molar refractivity (Wildman–Crippen MR) is 47.9 cm³/mol. The number of hydrogen-bond acceptors (Lipinski definition) is 6. The van der Waals surface area contributed by atoms with Crippen LogP contribution in [0.15, 0.2) is 5.38 Å². The SMILES string of the molecule is CCOC(=O)c1nc(B(O)O)cs1. The molecule has 0 amide bonds. The summed E-state index contributed by atoms with van der Waals surface area (Å²) in [4.78, 5) is 14.7. The number of hydrogen-bond donors (Lipinski definition) is 2. The third-order valence-corrected chi connectivity index (χ3v) is 2.08. The van der Waals surface area contributed by atoms with Gasteiger partial charge < -0.3 is 14.8 Å². The summed E-state index contributed by atoms with van der Waals surface area (Å²) in [5.74, 6) is -0.542. The molecule has 0 aliphatic carbocycles. The van der Waals surface area contributed by atoms with E-state index in [1.165, 1.54) is 5.38 Å². The maximum atomic E-state index is 11.0. The Morgan fingerprint density at radius 3 is 2.92 bits per heavy atom. The van der Waals surface area contributed by atoms with E-state index in [0.29, 0.717) is 0 Å². The van der Waals surface area contributed by atoms with E-state index in [9.17, 15) is 4.79 Å². The van der Waals surface area contributed by atoms with Crippen molar-refractivity contribution in [3.05, 3.63) is 10.4 Å². The van der Waals surface area contributed by atoms with Crippen molar-refractivity contribution in [2.45, 2.75) is 6.92 Å². The standard InChI is InChI=1S/C6H8BNO4S/c1-2-12-6(9)5-8-4(3-13-5)7(10)11/h3,10-11H,2H2,1H3. The quantitative estimate of drug-likeness (QED) is 0.484. The summed E-state index contributed by atoms with van der Waals surface area (Å²) >= 11 is 1.02. The van der Waals surface area contributed by atoms with Crippen LogP contribution in [0.25, 0.3) is 0 Å². The average Bonchev–Trinajstić information content (AvgIpc) is 2.52. The first-order valence-corrected chi connectivity index (χ1v) is 4.51. The summed E-state index contributed by atoms with van der Waals surface area (Å²) in [5, 5.41) is 18.9. The zero-order valence-electron chi connectivity index (χ0n) is 6.93. The van der Waals surface area contributed by atoms with E-state index in [0.717, 1.165) is 11.3 Å². The Bertz CT molecular complexity index is 301. The van der Waals surface area contributed by atoms with Crippen molar-refractivity contribution in [2.75, 3.05) is 6.61 Å². The van der Waals surface area contributed by atoms with Crippen LogP contribution >= 0.6 is 11.3 Å². The van der Waals surface area contributed by atoms with Gasteiger partial charge in [0, 0.05) is 5.38 Å². The normalized spacial score (nSPS) is 9.77. The maximum Gasteiger partial charge on any atom is 0.509 e. The Morgan fingerprint density at radius 1 is 1.77 bits per heavy atom. The van der Waals surface area contributed by atoms with Gasteiger partial charge in [0.15, 0.2) is 0 Å². The second-order valence-corrected chi connectivity index (χ2v) is 3.03. The fourth-order valence-electron chi connectivity index (χ4n) is 0.691. The summed E-state index contributed by atoms with van der Waals surface area (Å²) in [5.41, 5.74) is 0.0630. The van der Waals surface area contributed by atoms with Crippen LogP contribution in [0.5, 0.6) is 0 Å². The Labute approximate surface area is 79.1 Å². The molecular formula is C6H8BNO4S. The fraction of sp³-hybridized carbons (Fsp3) is 0.333. The molecule has 7 heteroatoms. The molecule has 0 unspecified atom stereocenters. The van der Waals surface area contributed by atoms with Crippen molar-refractivity contribution in [3.8, 4) is 0 Å². The molecule has 70 valence electrons. The molecule has 1 aromatic heterocycles. The monoisotopic (exact) mass is 201 g/mol. The lowest BCUT2D eigenvalue weighted by Crippen LogP contribution is -2.31. The van der Waals surface area contributed by atoms with Gasteiger partial charge in [0.1, 0.15) is 0 Å². The van der Waals surface area contributed by atoms with Gasteiger partial charge in [-0.15, -0.1) is 11.3 Å². The predicted octanol–water partition coefficient (Wildman–Crippen LogP) is -1.00. The lowest BCUT2D eigenvalue weighted by atomic mass is 9.88. The number of carbonyl (C=O) groups excluding carboxylic acids is 1. The van der Waals surface area contributed by atoms with Gasteiger partial charge in [0.05, 0.1) is 12.2 Å². The molecule has 0 radical (unpaired) electrons. The second-order valence-electron chi connectivity index (χ2n) is 2.17. The van der Waals surface area contributed by atoms with Crippen molar-refractivity contribution >= 4 is 30.0 Å². The van der Waals surface area contributed by atoms with Gasteiger partial charge in [-0.25, -0.2) is 9.78 Å². The Kier molecular flexibility index (Phi) is 3.41. The number of carbonyl (C=O) groups is 1.